The summed E-state index contributed by atoms with van der Waals surface area (Å²) in [5.41, 5.74) is 3.20. The predicted molar refractivity (Wildman–Crippen MR) is 109 cm³/mol. The number of likely N-dealkylation sites (tertiary alicyclic amines) is 1. The topological polar surface area (TPSA) is 63.6 Å². The van der Waals surface area contributed by atoms with E-state index in [1.807, 2.05) is 41.3 Å². The highest BCUT2D eigenvalue weighted by molar-refractivity contribution is 5.93. The van der Waals surface area contributed by atoms with Gasteiger partial charge in [0, 0.05) is 19.5 Å². The number of carbonyl (C=O) groups is 1. The van der Waals surface area contributed by atoms with E-state index in [9.17, 15) is 4.79 Å². The SMILES string of the molecule is O=C(c1oc2ncnn2c1Cc1ccccc1)N1CCC(c2ccccc2)CC1. The summed E-state index contributed by atoms with van der Waals surface area (Å²) in [7, 11) is 0. The molecule has 0 spiro atoms. The van der Waals surface area contributed by atoms with Crippen molar-refractivity contribution in [2.45, 2.75) is 25.2 Å². The van der Waals surface area contributed by atoms with E-state index in [2.05, 4.69) is 34.3 Å². The van der Waals surface area contributed by atoms with Crippen LogP contribution in [0.4, 0.5) is 0 Å². The molecule has 1 saturated heterocycles. The number of hydrogen-bond acceptors (Lipinski definition) is 4. The van der Waals surface area contributed by atoms with Crippen LogP contribution in [-0.4, -0.2) is 38.5 Å². The summed E-state index contributed by atoms with van der Waals surface area (Å²) in [4.78, 5) is 19.3. The number of rotatable bonds is 4. The van der Waals surface area contributed by atoms with Crippen molar-refractivity contribution in [2.24, 2.45) is 0 Å². The molecule has 5 rings (SSSR count). The van der Waals surface area contributed by atoms with Crippen LogP contribution in [0.3, 0.4) is 0 Å². The lowest BCUT2D eigenvalue weighted by molar-refractivity contribution is 0.0681. The van der Waals surface area contributed by atoms with E-state index in [-0.39, 0.29) is 5.91 Å². The van der Waals surface area contributed by atoms with Gasteiger partial charge in [0.15, 0.2) is 0 Å². The highest BCUT2D eigenvalue weighted by Gasteiger charge is 2.30. The molecule has 0 atom stereocenters. The van der Waals surface area contributed by atoms with Crippen LogP contribution in [0.15, 0.2) is 71.4 Å². The van der Waals surface area contributed by atoms with Gasteiger partial charge in [0.1, 0.15) is 12.0 Å². The van der Waals surface area contributed by atoms with Gasteiger partial charge in [-0.2, -0.15) is 14.6 Å². The molecule has 1 aliphatic heterocycles. The number of oxazole rings is 1. The minimum Gasteiger partial charge on any atom is -0.416 e. The fraction of sp³-hybridized carbons (Fsp3) is 0.261. The molecule has 3 heterocycles. The van der Waals surface area contributed by atoms with Gasteiger partial charge < -0.3 is 9.32 Å². The Kier molecular flexibility index (Phi) is 4.60. The Morgan fingerprint density at radius 3 is 2.41 bits per heavy atom. The molecule has 1 amide bonds. The van der Waals surface area contributed by atoms with Crippen molar-refractivity contribution in [3.8, 4) is 0 Å². The lowest BCUT2D eigenvalue weighted by Crippen LogP contribution is -2.38. The summed E-state index contributed by atoms with van der Waals surface area (Å²) in [6.45, 7) is 1.44. The molecule has 146 valence electrons. The van der Waals surface area contributed by atoms with Gasteiger partial charge in [-0.3, -0.25) is 4.79 Å². The van der Waals surface area contributed by atoms with Crippen LogP contribution in [-0.2, 0) is 6.42 Å². The van der Waals surface area contributed by atoms with E-state index in [1.165, 1.54) is 11.9 Å². The summed E-state index contributed by atoms with van der Waals surface area (Å²) in [6.07, 6.45) is 3.94. The second-order valence-electron chi connectivity index (χ2n) is 7.47. The lowest BCUT2D eigenvalue weighted by atomic mass is 9.89. The number of hydrogen-bond donors (Lipinski definition) is 0. The fourth-order valence-corrected chi connectivity index (χ4v) is 4.13. The van der Waals surface area contributed by atoms with Gasteiger partial charge in [-0.05, 0) is 29.9 Å². The zero-order valence-corrected chi connectivity index (χ0v) is 16.1. The highest BCUT2D eigenvalue weighted by atomic mass is 16.4. The van der Waals surface area contributed by atoms with Crippen molar-refractivity contribution in [1.82, 2.24) is 19.5 Å². The molecule has 1 fully saturated rings. The fourth-order valence-electron chi connectivity index (χ4n) is 4.13. The summed E-state index contributed by atoms with van der Waals surface area (Å²) < 4.78 is 7.47. The van der Waals surface area contributed by atoms with Crippen molar-refractivity contribution < 1.29 is 9.21 Å². The van der Waals surface area contributed by atoms with Crippen LogP contribution < -0.4 is 0 Å². The van der Waals surface area contributed by atoms with Gasteiger partial charge in [0.05, 0.1) is 0 Å². The van der Waals surface area contributed by atoms with Crippen molar-refractivity contribution in [2.75, 3.05) is 13.1 Å². The quantitative estimate of drug-likeness (QED) is 0.533. The maximum absolute atomic E-state index is 13.3. The maximum atomic E-state index is 13.3. The predicted octanol–water partition coefficient (Wildman–Crippen LogP) is 3.93. The maximum Gasteiger partial charge on any atom is 0.325 e. The van der Waals surface area contributed by atoms with E-state index >= 15 is 0 Å². The van der Waals surface area contributed by atoms with Crippen molar-refractivity contribution >= 4 is 11.8 Å². The van der Waals surface area contributed by atoms with Crippen LogP contribution >= 0.6 is 0 Å². The van der Waals surface area contributed by atoms with Crippen LogP contribution in [0.25, 0.3) is 5.84 Å². The third-order valence-electron chi connectivity index (χ3n) is 5.69. The Morgan fingerprint density at radius 1 is 1.00 bits per heavy atom. The first-order chi connectivity index (χ1) is 14.3. The van der Waals surface area contributed by atoms with Crippen molar-refractivity contribution in [3.63, 3.8) is 0 Å². The molecule has 1 aliphatic rings. The molecule has 6 nitrogen and oxygen atoms in total. The Labute approximate surface area is 168 Å². The molecule has 0 bridgehead atoms. The monoisotopic (exact) mass is 386 g/mol. The second kappa shape index (κ2) is 7.54. The molecule has 0 saturated carbocycles. The molecule has 4 aromatic rings. The van der Waals surface area contributed by atoms with Crippen molar-refractivity contribution in [1.29, 1.82) is 0 Å². The van der Waals surface area contributed by atoms with Crippen LogP contribution in [0.1, 0.15) is 46.1 Å². The first-order valence-electron chi connectivity index (χ1n) is 9.99. The molecular formula is C23H22N4O2. The normalized spacial score (nSPS) is 15.1. The first-order valence-corrected chi connectivity index (χ1v) is 9.99. The minimum atomic E-state index is -0.0743. The Hall–Kier alpha value is -3.41. The third kappa shape index (κ3) is 3.42. The van der Waals surface area contributed by atoms with Crippen LogP contribution in [0.2, 0.25) is 0 Å². The Bertz CT molecular complexity index is 1110. The summed E-state index contributed by atoms with van der Waals surface area (Å²) in [5.74, 6) is 1.13. The van der Waals surface area contributed by atoms with Gasteiger partial charge in [-0.1, -0.05) is 60.7 Å². The molecular weight excluding hydrogens is 364 g/mol. The third-order valence-corrected chi connectivity index (χ3v) is 5.69. The highest BCUT2D eigenvalue weighted by Crippen LogP contribution is 2.29. The molecule has 6 heteroatoms. The number of aromatic nitrogens is 3. The van der Waals surface area contributed by atoms with Crippen LogP contribution in [0, 0.1) is 0 Å². The van der Waals surface area contributed by atoms with E-state index in [0.717, 1.165) is 37.2 Å². The Morgan fingerprint density at radius 2 is 1.69 bits per heavy atom. The standard InChI is InChI=1S/C23H22N4O2/c28-22(26-13-11-19(12-14-26)18-9-5-2-6-10-18)21-20(15-17-7-3-1-4-8-17)27-23(29-21)24-16-25-27/h1-10,16,19H,11-15H2. The molecule has 0 unspecified atom stereocenters. The van der Waals surface area contributed by atoms with E-state index in [4.69, 9.17) is 4.42 Å². The molecule has 0 N–H and O–H groups in total. The van der Waals surface area contributed by atoms with E-state index in [0.29, 0.717) is 23.9 Å². The zero-order chi connectivity index (χ0) is 19.6. The smallest absolute Gasteiger partial charge is 0.325 e. The van der Waals surface area contributed by atoms with Crippen molar-refractivity contribution in [3.05, 3.63) is 89.6 Å². The second-order valence-corrected chi connectivity index (χ2v) is 7.47. The summed E-state index contributed by atoms with van der Waals surface area (Å²) in [5, 5.41) is 4.26. The summed E-state index contributed by atoms with van der Waals surface area (Å²) >= 11 is 0. The van der Waals surface area contributed by atoms with Gasteiger partial charge in [-0.25, -0.2) is 0 Å². The molecule has 0 radical (unpaired) electrons. The molecule has 2 aromatic carbocycles. The average Bonchev–Trinajstić information content (AvgIpc) is 3.37. The van der Waals surface area contributed by atoms with Gasteiger partial charge in [0.2, 0.25) is 5.76 Å². The zero-order valence-electron chi connectivity index (χ0n) is 16.1. The molecule has 0 aliphatic carbocycles. The first kappa shape index (κ1) is 17.7. The Balaban J connectivity index is 1.37. The number of carbonyl (C=O) groups excluding carboxylic acids is 1. The minimum absolute atomic E-state index is 0.0743. The molecule has 29 heavy (non-hydrogen) atoms. The number of fused-ring (bicyclic) bond motifs is 1. The lowest BCUT2D eigenvalue weighted by Gasteiger charge is -2.31. The number of benzene rings is 2. The molecule has 2 aromatic heterocycles. The number of nitrogens with zero attached hydrogens (tertiary/aromatic N) is 4. The largest absolute Gasteiger partial charge is 0.416 e. The van der Waals surface area contributed by atoms with E-state index in [1.54, 1.807) is 4.52 Å². The van der Waals surface area contributed by atoms with Gasteiger partial charge >= 0.3 is 5.84 Å². The van der Waals surface area contributed by atoms with E-state index < -0.39 is 0 Å². The number of piperidine rings is 1. The van der Waals surface area contributed by atoms with Gasteiger partial charge in [-0.15, -0.1) is 0 Å². The summed E-state index contributed by atoms with van der Waals surface area (Å²) in [6, 6.07) is 20.6. The van der Waals surface area contributed by atoms with Crippen LogP contribution in [0.5, 0.6) is 0 Å². The van der Waals surface area contributed by atoms with Gasteiger partial charge in [0.25, 0.3) is 5.91 Å². The average molecular weight is 386 g/mol. The number of amides is 1.